The summed E-state index contributed by atoms with van der Waals surface area (Å²) in [6, 6.07) is 0.407. The van der Waals surface area contributed by atoms with Crippen molar-refractivity contribution in [1.82, 2.24) is 9.62 Å². The second kappa shape index (κ2) is 6.93. The van der Waals surface area contributed by atoms with Gasteiger partial charge >= 0.3 is 5.97 Å². The minimum Gasteiger partial charge on any atom is -0.480 e. The van der Waals surface area contributed by atoms with Crippen molar-refractivity contribution in [2.45, 2.75) is 38.5 Å². The number of aliphatic carboxylic acids is 1. The molecule has 102 valence electrons. The zero-order valence-corrected chi connectivity index (χ0v) is 11.6. The number of hydrogen-bond acceptors (Lipinski definition) is 4. The third-order valence-corrected chi connectivity index (χ3v) is 4.42. The molecule has 7 heteroatoms. The van der Waals surface area contributed by atoms with Crippen LogP contribution in [0.1, 0.15) is 27.2 Å². The minimum absolute atomic E-state index is 0.261. The SMILES string of the molecule is CC(C)N(C)CCCNS(=O)(=O)C(C)C(=O)O. The number of carboxylic acid groups (broad SMARTS) is 1. The first-order valence-electron chi connectivity index (χ1n) is 5.60. The third kappa shape index (κ3) is 5.99. The molecule has 0 saturated heterocycles. The molecule has 0 amide bonds. The zero-order valence-electron chi connectivity index (χ0n) is 10.8. The predicted octanol–water partition coefficient (Wildman–Crippen LogP) is 0.109. The first kappa shape index (κ1) is 16.3. The van der Waals surface area contributed by atoms with Crippen LogP contribution in [-0.4, -0.2) is 55.8 Å². The average molecular weight is 266 g/mol. The lowest BCUT2D eigenvalue weighted by atomic mass is 10.3. The summed E-state index contributed by atoms with van der Waals surface area (Å²) >= 11 is 0. The van der Waals surface area contributed by atoms with Crippen molar-refractivity contribution >= 4 is 16.0 Å². The predicted molar refractivity (Wildman–Crippen MR) is 66.4 cm³/mol. The van der Waals surface area contributed by atoms with E-state index >= 15 is 0 Å². The highest BCUT2D eigenvalue weighted by Crippen LogP contribution is 1.99. The van der Waals surface area contributed by atoms with Crippen LogP contribution in [0.5, 0.6) is 0 Å². The first-order valence-corrected chi connectivity index (χ1v) is 7.14. The molecule has 0 aromatic heterocycles. The summed E-state index contributed by atoms with van der Waals surface area (Å²) in [6.45, 7) is 6.29. The molecule has 0 fully saturated rings. The lowest BCUT2D eigenvalue weighted by Crippen LogP contribution is -2.39. The van der Waals surface area contributed by atoms with Crippen LogP contribution in [0.2, 0.25) is 0 Å². The molecule has 0 aromatic carbocycles. The van der Waals surface area contributed by atoms with Crippen molar-refractivity contribution in [3.8, 4) is 0 Å². The number of carboxylic acids is 1. The maximum atomic E-state index is 11.4. The van der Waals surface area contributed by atoms with E-state index in [2.05, 4.69) is 23.5 Å². The fraction of sp³-hybridized carbons (Fsp3) is 0.900. The van der Waals surface area contributed by atoms with Crippen LogP contribution >= 0.6 is 0 Å². The van der Waals surface area contributed by atoms with Gasteiger partial charge in [0.1, 0.15) is 0 Å². The summed E-state index contributed by atoms with van der Waals surface area (Å²) in [5, 5.41) is 7.20. The summed E-state index contributed by atoms with van der Waals surface area (Å²) in [5.74, 6) is -1.34. The van der Waals surface area contributed by atoms with Crippen molar-refractivity contribution in [2.75, 3.05) is 20.1 Å². The van der Waals surface area contributed by atoms with Gasteiger partial charge in [-0.2, -0.15) is 0 Å². The highest BCUT2D eigenvalue weighted by molar-refractivity contribution is 7.90. The second-order valence-electron chi connectivity index (χ2n) is 4.35. The number of hydrogen-bond donors (Lipinski definition) is 2. The molecule has 1 atom stereocenters. The summed E-state index contributed by atoms with van der Waals surface area (Å²) in [7, 11) is -1.79. The van der Waals surface area contributed by atoms with Gasteiger partial charge in [-0.25, -0.2) is 13.1 Å². The van der Waals surface area contributed by atoms with E-state index in [1.807, 2.05) is 7.05 Å². The van der Waals surface area contributed by atoms with E-state index in [-0.39, 0.29) is 6.54 Å². The molecule has 0 bridgehead atoms. The molecule has 0 aliphatic heterocycles. The van der Waals surface area contributed by atoms with Gasteiger partial charge in [-0.1, -0.05) is 0 Å². The summed E-state index contributed by atoms with van der Waals surface area (Å²) in [5.41, 5.74) is 0. The Balaban J connectivity index is 4.01. The van der Waals surface area contributed by atoms with Gasteiger partial charge in [0.25, 0.3) is 0 Å². The number of nitrogens with zero attached hydrogens (tertiary/aromatic N) is 1. The van der Waals surface area contributed by atoms with Crippen molar-refractivity contribution in [3.05, 3.63) is 0 Å². The van der Waals surface area contributed by atoms with Gasteiger partial charge in [0.15, 0.2) is 5.25 Å². The van der Waals surface area contributed by atoms with Crippen LogP contribution in [-0.2, 0) is 14.8 Å². The fourth-order valence-corrected chi connectivity index (χ4v) is 2.00. The van der Waals surface area contributed by atoms with E-state index in [9.17, 15) is 13.2 Å². The van der Waals surface area contributed by atoms with Crippen LogP contribution < -0.4 is 4.72 Å². The molecule has 1 unspecified atom stereocenters. The lowest BCUT2D eigenvalue weighted by molar-refractivity contribution is -0.136. The number of nitrogens with one attached hydrogen (secondary N) is 1. The average Bonchev–Trinajstić information content (AvgIpc) is 2.22. The molecular weight excluding hydrogens is 244 g/mol. The Bertz CT molecular complexity index is 340. The Hall–Kier alpha value is -0.660. The maximum absolute atomic E-state index is 11.4. The highest BCUT2D eigenvalue weighted by Gasteiger charge is 2.26. The van der Waals surface area contributed by atoms with Crippen LogP contribution in [0.25, 0.3) is 0 Å². The largest absolute Gasteiger partial charge is 0.480 e. The summed E-state index contributed by atoms with van der Waals surface area (Å²) < 4.78 is 25.2. The molecular formula is C10H22N2O4S. The summed E-state index contributed by atoms with van der Waals surface area (Å²) in [6.07, 6.45) is 0.653. The van der Waals surface area contributed by atoms with Gasteiger partial charge < -0.3 is 10.0 Å². The molecule has 2 N–H and O–H groups in total. The van der Waals surface area contributed by atoms with Crippen molar-refractivity contribution in [2.24, 2.45) is 0 Å². The quantitative estimate of drug-likeness (QED) is 0.609. The number of rotatable bonds is 8. The highest BCUT2D eigenvalue weighted by atomic mass is 32.2. The molecule has 0 heterocycles. The molecule has 6 nitrogen and oxygen atoms in total. The molecule has 0 saturated carbocycles. The second-order valence-corrected chi connectivity index (χ2v) is 6.43. The number of carbonyl (C=O) groups is 1. The van der Waals surface area contributed by atoms with Crippen LogP contribution in [0, 0.1) is 0 Å². The van der Waals surface area contributed by atoms with Crippen molar-refractivity contribution < 1.29 is 18.3 Å². The van der Waals surface area contributed by atoms with E-state index in [1.54, 1.807) is 0 Å². The van der Waals surface area contributed by atoms with Gasteiger partial charge in [-0.3, -0.25) is 4.79 Å². The minimum atomic E-state index is -3.75. The van der Waals surface area contributed by atoms with E-state index in [0.717, 1.165) is 13.5 Å². The fourth-order valence-electron chi connectivity index (χ4n) is 1.06. The third-order valence-electron chi connectivity index (χ3n) is 2.69. The summed E-state index contributed by atoms with van der Waals surface area (Å²) in [4.78, 5) is 12.6. The molecule has 17 heavy (non-hydrogen) atoms. The Morgan fingerprint density at radius 2 is 1.88 bits per heavy atom. The zero-order chi connectivity index (χ0) is 13.6. The molecule has 0 spiro atoms. The van der Waals surface area contributed by atoms with Crippen molar-refractivity contribution in [3.63, 3.8) is 0 Å². The van der Waals surface area contributed by atoms with Crippen LogP contribution in [0.15, 0.2) is 0 Å². The van der Waals surface area contributed by atoms with Gasteiger partial charge in [0.2, 0.25) is 10.0 Å². The van der Waals surface area contributed by atoms with E-state index in [0.29, 0.717) is 12.5 Å². The normalized spacial score (nSPS) is 14.2. The molecule has 0 aliphatic carbocycles. The van der Waals surface area contributed by atoms with Gasteiger partial charge in [-0.05, 0) is 40.8 Å². The molecule has 0 rings (SSSR count). The lowest BCUT2D eigenvalue weighted by Gasteiger charge is -2.20. The van der Waals surface area contributed by atoms with Crippen LogP contribution in [0.3, 0.4) is 0 Å². The Morgan fingerprint density at radius 3 is 2.29 bits per heavy atom. The Kier molecular flexibility index (Phi) is 6.66. The molecule has 0 radical (unpaired) electrons. The molecule has 0 aliphatic rings. The topological polar surface area (TPSA) is 86.7 Å². The Morgan fingerprint density at radius 1 is 1.35 bits per heavy atom. The van der Waals surface area contributed by atoms with Gasteiger partial charge in [-0.15, -0.1) is 0 Å². The van der Waals surface area contributed by atoms with Gasteiger partial charge in [0.05, 0.1) is 0 Å². The Labute approximate surface area is 103 Å². The number of sulfonamides is 1. The van der Waals surface area contributed by atoms with Crippen molar-refractivity contribution in [1.29, 1.82) is 0 Å². The monoisotopic (exact) mass is 266 g/mol. The van der Waals surface area contributed by atoms with Crippen LogP contribution in [0.4, 0.5) is 0 Å². The van der Waals surface area contributed by atoms with E-state index < -0.39 is 21.2 Å². The standard InChI is InChI=1S/C10H22N2O4S/c1-8(2)12(4)7-5-6-11-17(15,16)9(3)10(13)14/h8-9,11H,5-7H2,1-4H3,(H,13,14). The van der Waals surface area contributed by atoms with Gasteiger partial charge in [0, 0.05) is 12.6 Å². The smallest absolute Gasteiger partial charge is 0.323 e. The maximum Gasteiger partial charge on any atom is 0.323 e. The van der Waals surface area contributed by atoms with E-state index in [4.69, 9.17) is 5.11 Å². The molecule has 0 aromatic rings. The first-order chi connectivity index (χ1) is 7.68. The van der Waals surface area contributed by atoms with E-state index in [1.165, 1.54) is 0 Å².